The summed E-state index contributed by atoms with van der Waals surface area (Å²) < 4.78 is 26.0. The third-order valence-electron chi connectivity index (χ3n) is 2.92. The molecule has 0 unspecified atom stereocenters. The molecule has 0 fully saturated rings. The zero-order valence-electron chi connectivity index (χ0n) is 11.5. The van der Waals surface area contributed by atoms with Crippen LogP contribution in [0.3, 0.4) is 0 Å². The summed E-state index contributed by atoms with van der Waals surface area (Å²) in [5.41, 5.74) is 0.952. The number of rotatable bonds is 4. The lowest BCUT2D eigenvalue weighted by Crippen LogP contribution is -2.23. The quantitative estimate of drug-likeness (QED) is 0.696. The zero-order valence-corrected chi connectivity index (χ0v) is 11.5. The summed E-state index contributed by atoms with van der Waals surface area (Å²) in [6.45, 7) is 0.274. The van der Waals surface area contributed by atoms with Gasteiger partial charge in [0.25, 0.3) is 5.91 Å². The fourth-order valence-corrected chi connectivity index (χ4v) is 1.79. The number of hydrogen-bond acceptors (Lipinski definition) is 2. The Kier molecular flexibility index (Phi) is 4.99. The Morgan fingerprint density at radius 1 is 1.14 bits per heavy atom. The van der Waals surface area contributed by atoms with Crippen molar-refractivity contribution in [1.82, 2.24) is 5.32 Å². The summed E-state index contributed by atoms with van der Waals surface area (Å²) in [6.07, 6.45) is 1.21. The number of nitriles is 1. The Hall–Kier alpha value is -3.00. The fraction of sp³-hybridized carbons (Fsp3) is 0.0588. The van der Waals surface area contributed by atoms with Crippen molar-refractivity contribution in [2.24, 2.45) is 0 Å². The first kappa shape index (κ1) is 15.4. The summed E-state index contributed by atoms with van der Waals surface area (Å²) in [5.74, 6) is -2.59. The molecule has 5 heteroatoms. The van der Waals surface area contributed by atoms with Crippen molar-refractivity contribution < 1.29 is 13.6 Å². The van der Waals surface area contributed by atoms with Crippen molar-refractivity contribution in [2.45, 2.75) is 6.54 Å². The number of halogens is 2. The molecule has 2 aromatic rings. The maximum Gasteiger partial charge on any atom is 0.262 e. The third kappa shape index (κ3) is 4.00. The second-order valence-corrected chi connectivity index (χ2v) is 4.51. The Bertz CT molecular complexity index is 749. The molecule has 0 radical (unpaired) electrons. The van der Waals surface area contributed by atoms with Crippen molar-refractivity contribution in [1.29, 1.82) is 5.26 Å². The Balaban J connectivity index is 2.10. The number of nitrogens with zero attached hydrogens (tertiary/aromatic N) is 1. The van der Waals surface area contributed by atoms with E-state index >= 15 is 0 Å². The maximum atomic E-state index is 13.1. The Morgan fingerprint density at radius 2 is 1.86 bits per heavy atom. The molecule has 0 aliphatic rings. The van der Waals surface area contributed by atoms with E-state index in [0.29, 0.717) is 0 Å². The van der Waals surface area contributed by atoms with E-state index in [1.165, 1.54) is 12.1 Å². The third-order valence-corrected chi connectivity index (χ3v) is 2.92. The number of benzene rings is 2. The summed E-state index contributed by atoms with van der Waals surface area (Å²) in [6, 6.07) is 14.1. The Labute approximate surface area is 126 Å². The highest BCUT2D eigenvalue weighted by Crippen LogP contribution is 2.12. The smallest absolute Gasteiger partial charge is 0.262 e. The van der Waals surface area contributed by atoms with Gasteiger partial charge in [0.2, 0.25) is 0 Å². The number of hydrogen-bond donors (Lipinski definition) is 1. The molecule has 0 saturated carbocycles. The van der Waals surface area contributed by atoms with Gasteiger partial charge in [0.15, 0.2) is 11.6 Å². The standard InChI is InChI=1S/C17H12F2N2O/c18-15-7-6-13(9-16(15)19)8-14(10-20)17(22)21-11-12-4-2-1-3-5-12/h1-9H,11H2,(H,21,22)/b14-8+. The summed E-state index contributed by atoms with van der Waals surface area (Å²) in [5, 5.41) is 11.6. The van der Waals surface area contributed by atoms with Crippen LogP contribution in [0.25, 0.3) is 6.08 Å². The molecule has 1 N–H and O–H groups in total. The second-order valence-electron chi connectivity index (χ2n) is 4.51. The molecule has 3 nitrogen and oxygen atoms in total. The highest BCUT2D eigenvalue weighted by molar-refractivity contribution is 6.01. The van der Waals surface area contributed by atoms with E-state index in [1.54, 1.807) is 6.07 Å². The summed E-state index contributed by atoms with van der Waals surface area (Å²) >= 11 is 0. The number of carbonyl (C=O) groups excluding carboxylic acids is 1. The van der Waals surface area contributed by atoms with Crippen LogP contribution in [-0.4, -0.2) is 5.91 Å². The number of amides is 1. The van der Waals surface area contributed by atoms with Gasteiger partial charge >= 0.3 is 0 Å². The molecule has 2 rings (SSSR count). The monoisotopic (exact) mass is 298 g/mol. The minimum absolute atomic E-state index is 0.179. The largest absolute Gasteiger partial charge is 0.347 e. The van der Waals surface area contributed by atoms with Crippen LogP contribution in [-0.2, 0) is 11.3 Å². The molecule has 110 valence electrons. The van der Waals surface area contributed by atoms with Gasteiger partial charge in [-0.1, -0.05) is 36.4 Å². The van der Waals surface area contributed by atoms with Crippen molar-refractivity contribution in [3.63, 3.8) is 0 Å². The lowest BCUT2D eigenvalue weighted by atomic mass is 10.1. The lowest BCUT2D eigenvalue weighted by Gasteiger charge is -2.04. The van der Waals surface area contributed by atoms with Gasteiger partial charge in [-0.05, 0) is 29.3 Å². The molecule has 0 bridgehead atoms. The van der Waals surface area contributed by atoms with Crippen LogP contribution in [0, 0.1) is 23.0 Å². The molecule has 0 aromatic heterocycles. The second kappa shape index (κ2) is 7.14. The molecule has 0 saturated heterocycles. The first-order valence-corrected chi connectivity index (χ1v) is 6.49. The van der Waals surface area contributed by atoms with Crippen LogP contribution in [0.15, 0.2) is 54.1 Å². The van der Waals surface area contributed by atoms with E-state index in [-0.39, 0.29) is 17.7 Å². The predicted octanol–water partition coefficient (Wildman–Crippen LogP) is 3.19. The van der Waals surface area contributed by atoms with E-state index in [4.69, 9.17) is 5.26 Å². The molecule has 0 aliphatic heterocycles. The summed E-state index contributed by atoms with van der Waals surface area (Å²) in [7, 11) is 0. The average Bonchev–Trinajstić information content (AvgIpc) is 2.54. The van der Waals surface area contributed by atoms with Gasteiger partial charge in [-0.2, -0.15) is 5.26 Å². The van der Waals surface area contributed by atoms with Crippen LogP contribution in [0.1, 0.15) is 11.1 Å². The molecule has 0 atom stereocenters. The highest BCUT2D eigenvalue weighted by Gasteiger charge is 2.09. The van der Waals surface area contributed by atoms with Gasteiger partial charge in [-0.25, -0.2) is 8.78 Å². The molecule has 22 heavy (non-hydrogen) atoms. The molecule has 0 aliphatic carbocycles. The van der Waals surface area contributed by atoms with Gasteiger partial charge in [0.05, 0.1) is 0 Å². The molecule has 2 aromatic carbocycles. The summed E-state index contributed by atoms with van der Waals surface area (Å²) in [4.78, 5) is 11.9. The van der Waals surface area contributed by atoms with Crippen LogP contribution >= 0.6 is 0 Å². The van der Waals surface area contributed by atoms with E-state index in [9.17, 15) is 13.6 Å². The van der Waals surface area contributed by atoms with Gasteiger partial charge in [0, 0.05) is 6.54 Å². The van der Waals surface area contributed by atoms with Gasteiger partial charge in [0.1, 0.15) is 11.6 Å². The normalized spacial score (nSPS) is 10.9. The van der Waals surface area contributed by atoms with E-state index in [0.717, 1.165) is 17.7 Å². The minimum Gasteiger partial charge on any atom is -0.347 e. The molecule has 0 spiro atoms. The number of carbonyl (C=O) groups is 1. The van der Waals surface area contributed by atoms with Crippen molar-refractivity contribution in [3.05, 3.63) is 76.9 Å². The average molecular weight is 298 g/mol. The zero-order chi connectivity index (χ0) is 15.9. The van der Waals surface area contributed by atoms with Crippen LogP contribution in [0.5, 0.6) is 0 Å². The fourth-order valence-electron chi connectivity index (χ4n) is 1.79. The van der Waals surface area contributed by atoms with Gasteiger partial charge < -0.3 is 5.32 Å². The van der Waals surface area contributed by atoms with Gasteiger partial charge in [-0.3, -0.25) is 4.79 Å². The molecular weight excluding hydrogens is 286 g/mol. The van der Waals surface area contributed by atoms with Crippen molar-refractivity contribution in [2.75, 3.05) is 0 Å². The van der Waals surface area contributed by atoms with Crippen LogP contribution in [0.2, 0.25) is 0 Å². The molecule has 0 heterocycles. The number of nitrogens with one attached hydrogen (secondary N) is 1. The van der Waals surface area contributed by atoms with Crippen molar-refractivity contribution in [3.8, 4) is 6.07 Å². The topological polar surface area (TPSA) is 52.9 Å². The molecule has 1 amide bonds. The van der Waals surface area contributed by atoms with E-state index in [2.05, 4.69) is 5.32 Å². The lowest BCUT2D eigenvalue weighted by molar-refractivity contribution is -0.117. The van der Waals surface area contributed by atoms with Crippen LogP contribution in [0.4, 0.5) is 8.78 Å². The van der Waals surface area contributed by atoms with E-state index in [1.807, 2.05) is 30.3 Å². The maximum absolute atomic E-state index is 13.1. The first-order valence-electron chi connectivity index (χ1n) is 6.49. The predicted molar refractivity (Wildman–Crippen MR) is 78.2 cm³/mol. The van der Waals surface area contributed by atoms with Crippen LogP contribution < -0.4 is 5.32 Å². The minimum atomic E-state index is -1.03. The first-order chi connectivity index (χ1) is 10.6. The highest BCUT2D eigenvalue weighted by atomic mass is 19.2. The molecular formula is C17H12F2N2O. The van der Waals surface area contributed by atoms with E-state index < -0.39 is 17.5 Å². The van der Waals surface area contributed by atoms with Crippen molar-refractivity contribution >= 4 is 12.0 Å². The van der Waals surface area contributed by atoms with Gasteiger partial charge in [-0.15, -0.1) is 0 Å². The SMILES string of the molecule is N#C/C(=C\c1ccc(F)c(F)c1)C(=O)NCc1ccccc1. The Morgan fingerprint density at radius 3 is 2.50 bits per heavy atom.